The van der Waals surface area contributed by atoms with Crippen molar-refractivity contribution < 1.29 is 0 Å². The second kappa shape index (κ2) is 5.83. The third kappa shape index (κ3) is 3.07. The van der Waals surface area contributed by atoms with E-state index in [2.05, 4.69) is 29.6 Å². The molecule has 0 aromatic carbocycles. The molecule has 0 aliphatic heterocycles. The second-order valence-corrected chi connectivity index (χ2v) is 4.77. The summed E-state index contributed by atoms with van der Waals surface area (Å²) in [7, 11) is 0. The molecule has 1 aliphatic rings. The number of nitrogens with one attached hydrogen (secondary N) is 1. The zero-order valence-electron chi connectivity index (χ0n) is 10.4. The lowest BCUT2D eigenvalue weighted by molar-refractivity contribution is 0.464. The van der Waals surface area contributed by atoms with Crippen molar-refractivity contribution in [2.45, 2.75) is 51.7 Å². The molecule has 0 saturated heterocycles. The molecule has 1 fully saturated rings. The zero-order valence-corrected chi connectivity index (χ0v) is 10.4. The molecule has 0 bridgehead atoms. The summed E-state index contributed by atoms with van der Waals surface area (Å²) in [6.07, 6.45) is 8.45. The maximum atomic E-state index is 9.00. The number of hydrogen-bond acceptors (Lipinski definition) is 3. The highest BCUT2D eigenvalue weighted by molar-refractivity contribution is 5.05. The van der Waals surface area contributed by atoms with Gasteiger partial charge in [0.25, 0.3) is 0 Å². The molecule has 1 aliphatic carbocycles. The Labute approximate surface area is 103 Å². The monoisotopic (exact) mass is 232 g/mol. The average molecular weight is 232 g/mol. The van der Waals surface area contributed by atoms with E-state index < -0.39 is 0 Å². The lowest BCUT2D eigenvalue weighted by atomic mass is 10.1. The molecular weight excluding hydrogens is 212 g/mol. The Kier molecular flexibility index (Phi) is 4.16. The van der Waals surface area contributed by atoms with Crippen molar-refractivity contribution in [2.75, 3.05) is 0 Å². The van der Waals surface area contributed by atoms with E-state index >= 15 is 0 Å². The van der Waals surface area contributed by atoms with E-state index in [1.54, 1.807) is 0 Å². The molecular formula is C13H20N4. The first kappa shape index (κ1) is 12.1. The standard InChI is InChI=1S/C13H20N4/c1-2-6-17-10-11(9-16-17)8-15-13-5-3-4-12(13)7-14/h9-10,12-13,15H,2-6,8H2,1H3. The molecule has 2 atom stereocenters. The van der Waals surface area contributed by atoms with E-state index in [1.807, 2.05) is 10.9 Å². The summed E-state index contributed by atoms with van der Waals surface area (Å²) < 4.78 is 1.98. The van der Waals surface area contributed by atoms with Gasteiger partial charge in [0.05, 0.1) is 18.2 Å². The molecule has 1 N–H and O–H groups in total. The molecule has 2 unspecified atom stereocenters. The Bertz CT molecular complexity index is 390. The summed E-state index contributed by atoms with van der Waals surface area (Å²) in [4.78, 5) is 0. The topological polar surface area (TPSA) is 53.6 Å². The summed E-state index contributed by atoms with van der Waals surface area (Å²) in [5.74, 6) is 0.195. The zero-order chi connectivity index (χ0) is 12.1. The van der Waals surface area contributed by atoms with E-state index in [-0.39, 0.29) is 5.92 Å². The molecule has 0 radical (unpaired) electrons. The highest BCUT2D eigenvalue weighted by atomic mass is 15.3. The van der Waals surface area contributed by atoms with Gasteiger partial charge in [0, 0.05) is 30.9 Å². The quantitative estimate of drug-likeness (QED) is 0.845. The van der Waals surface area contributed by atoms with Gasteiger partial charge in [0.2, 0.25) is 0 Å². The lowest BCUT2D eigenvalue weighted by Crippen LogP contribution is -2.31. The van der Waals surface area contributed by atoms with Gasteiger partial charge in [-0.2, -0.15) is 10.4 Å². The predicted octanol–water partition coefficient (Wildman–Crippen LogP) is 2.07. The first-order valence-electron chi connectivity index (χ1n) is 6.47. The van der Waals surface area contributed by atoms with Crippen LogP contribution in [0, 0.1) is 17.2 Å². The van der Waals surface area contributed by atoms with Crippen LogP contribution in [-0.4, -0.2) is 15.8 Å². The number of aromatic nitrogens is 2. The highest BCUT2D eigenvalue weighted by Crippen LogP contribution is 2.24. The number of aryl methyl sites for hydroxylation is 1. The number of hydrogen-bond donors (Lipinski definition) is 1. The van der Waals surface area contributed by atoms with Crippen LogP contribution in [0.25, 0.3) is 0 Å². The number of nitrogens with zero attached hydrogens (tertiary/aromatic N) is 3. The summed E-state index contributed by atoms with van der Waals surface area (Å²) >= 11 is 0. The molecule has 4 nitrogen and oxygen atoms in total. The van der Waals surface area contributed by atoms with Gasteiger partial charge in [-0.05, 0) is 19.3 Å². The van der Waals surface area contributed by atoms with E-state index in [1.165, 1.54) is 12.0 Å². The van der Waals surface area contributed by atoms with Gasteiger partial charge in [-0.25, -0.2) is 0 Å². The van der Waals surface area contributed by atoms with Crippen LogP contribution in [0.15, 0.2) is 12.4 Å². The predicted molar refractivity (Wildman–Crippen MR) is 66.1 cm³/mol. The van der Waals surface area contributed by atoms with Gasteiger partial charge >= 0.3 is 0 Å². The van der Waals surface area contributed by atoms with Crippen LogP contribution >= 0.6 is 0 Å². The van der Waals surface area contributed by atoms with Crippen molar-refractivity contribution in [2.24, 2.45) is 5.92 Å². The molecule has 4 heteroatoms. The van der Waals surface area contributed by atoms with Crippen LogP contribution in [0.5, 0.6) is 0 Å². The maximum absolute atomic E-state index is 9.00. The second-order valence-electron chi connectivity index (χ2n) is 4.77. The molecule has 92 valence electrons. The molecule has 2 rings (SSSR count). The van der Waals surface area contributed by atoms with Crippen LogP contribution in [0.1, 0.15) is 38.2 Å². The molecule has 1 aromatic rings. The summed E-state index contributed by atoms with van der Waals surface area (Å²) in [6, 6.07) is 2.76. The number of nitriles is 1. The third-order valence-electron chi connectivity index (χ3n) is 3.39. The summed E-state index contributed by atoms with van der Waals surface area (Å²) in [6.45, 7) is 3.95. The van der Waals surface area contributed by atoms with Gasteiger partial charge in [0.15, 0.2) is 0 Å². The molecule has 1 saturated carbocycles. The van der Waals surface area contributed by atoms with Crippen LogP contribution in [0.2, 0.25) is 0 Å². The largest absolute Gasteiger partial charge is 0.308 e. The third-order valence-corrected chi connectivity index (χ3v) is 3.39. The van der Waals surface area contributed by atoms with E-state index in [9.17, 15) is 0 Å². The highest BCUT2D eigenvalue weighted by Gasteiger charge is 2.26. The van der Waals surface area contributed by atoms with Gasteiger partial charge in [-0.3, -0.25) is 4.68 Å². The van der Waals surface area contributed by atoms with Crippen molar-refractivity contribution in [3.63, 3.8) is 0 Å². The van der Waals surface area contributed by atoms with E-state index in [0.717, 1.165) is 32.4 Å². The minimum atomic E-state index is 0.195. The molecule has 1 aromatic heterocycles. The SMILES string of the molecule is CCCn1cc(CNC2CCCC2C#N)cn1. The lowest BCUT2D eigenvalue weighted by Gasteiger charge is -2.14. The van der Waals surface area contributed by atoms with Crippen LogP contribution < -0.4 is 5.32 Å². The Hall–Kier alpha value is -1.34. The van der Waals surface area contributed by atoms with E-state index in [4.69, 9.17) is 5.26 Å². The number of rotatable bonds is 5. The van der Waals surface area contributed by atoms with Crippen LogP contribution in [0.3, 0.4) is 0 Å². The molecule has 17 heavy (non-hydrogen) atoms. The van der Waals surface area contributed by atoms with E-state index in [0.29, 0.717) is 6.04 Å². The fourth-order valence-electron chi connectivity index (χ4n) is 2.46. The minimum absolute atomic E-state index is 0.195. The van der Waals surface area contributed by atoms with Crippen LogP contribution in [0.4, 0.5) is 0 Å². The minimum Gasteiger partial charge on any atom is -0.308 e. The Balaban J connectivity index is 1.83. The average Bonchev–Trinajstić information content (AvgIpc) is 2.95. The maximum Gasteiger partial charge on any atom is 0.0672 e. The first-order chi connectivity index (χ1) is 8.33. The summed E-state index contributed by atoms with van der Waals surface area (Å²) in [5.41, 5.74) is 1.21. The smallest absolute Gasteiger partial charge is 0.0672 e. The van der Waals surface area contributed by atoms with Gasteiger partial charge in [-0.15, -0.1) is 0 Å². The van der Waals surface area contributed by atoms with Crippen LogP contribution in [-0.2, 0) is 13.1 Å². The van der Waals surface area contributed by atoms with Crippen molar-refractivity contribution in [3.05, 3.63) is 18.0 Å². The molecule has 0 amide bonds. The van der Waals surface area contributed by atoms with Crippen molar-refractivity contribution >= 4 is 0 Å². The normalized spacial score (nSPS) is 23.8. The fraction of sp³-hybridized carbons (Fsp3) is 0.692. The Morgan fingerprint density at radius 2 is 2.47 bits per heavy atom. The Morgan fingerprint density at radius 1 is 1.59 bits per heavy atom. The van der Waals surface area contributed by atoms with Crippen molar-refractivity contribution in [1.29, 1.82) is 5.26 Å². The van der Waals surface area contributed by atoms with Gasteiger partial charge in [-0.1, -0.05) is 13.3 Å². The summed E-state index contributed by atoms with van der Waals surface area (Å²) in [5, 5.41) is 16.8. The molecule has 1 heterocycles. The Morgan fingerprint density at radius 3 is 3.24 bits per heavy atom. The van der Waals surface area contributed by atoms with Crippen molar-refractivity contribution in [1.82, 2.24) is 15.1 Å². The molecule has 0 spiro atoms. The fourth-order valence-corrected chi connectivity index (χ4v) is 2.46. The van der Waals surface area contributed by atoms with Crippen molar-refractivity contribution in [3.8, 4) is 6.07 Å². The van der Waals surface area contributed by atoms with Gasteiger partial charge in [0.1, 0.15) is 0 Å². The van der Waals surface area contributed by atoms with Gasteiger partial charge < -0.3 is 5.32 Å². The first-order valence-corrected chi connectivity index (χ1v) is 6.47.